The molecule has 100 valence electrons. The second kappa shape index (κ2) is 6.20. The van der Waals surface area contributed by atoms with Crippen LogP contribution in [-0.2, 0) is 6.61 Å². The molecule has 0 saturated carbocycles. The monoisotopic (exact) mass is 259 g/mol. The maximum Gasteiger partial charge on any atom is 0.161 e. The molecule has 0 fully saturated rings. The molecule has 0 bridgehead atoms. The van der Waals surface area contributed by atoms with E-state index in [-0.39, 0.29) is 0 Å². The second-order valence-electron chi connectivity index (χ2n) is 4.20. The number of benzene rings is 1. The van der Waals surface area contributed by atoms with Gasteiger partial charge in [-0.2, -0.15) is 0 Å². The lowest BCUT2D eigenvalue weighted by atomic mass is 10.1. The summed E-state index contributed by atoms with van der Waals surface area (Å²) in [6, 6.07) is 11.1. The fourth-order valence-corrected chi connectivity index (χ4v) is 1.70. The Balaban J connectivity index is 2.12. The van der Waals surface area contributed by atoms with Gasteiger partial charge in [-0.25, -0.2) is 0 Å². The van der Waals surface area contributed by atoms with Crippen LogP contribution in [0.25, 0.3) is 0 Å². The fraction of sp³-hybridized carbons (Fsp3) is 0.267. The number of methoxy groups -OCH3 is 1. The largest absolute Gasteiger partial charge is 0.493 e. The Bertz CT molecular complexity index is 526. The number of hydrogen-bond acceptors (Lipinski definition) is 4. The summed E-state index contributed by atoms with van der Waals surface area (Å²) in [5.74, 6) is 1.24. The molecule has 1 aromatic carbocycles. The molecule has 0 spiro atoms. The Hall–Kier alpha value is -2.07. The molecule has 2 aromatic rings. The summed E-state index contributed by atoms with van der Waals surface area (Å²) in [5, 5.41) is 9.54. The van der Waals surface area contributed by atoms with Crippen molar-refractivity contribution in [2.75, 3.05) is 7.11 Å². The number of hydrogen-bond donors (Lipinski definition) is 1. The van der Waals surface area contributed by atoms with Crippen molar-refractivity contribution >= 4 is 0 Å². The number of pyridine rings is 1. The van der Waals surface area contributed by atoms with Crippen molar-refractivity contribution in [2.45, 2.75) is 19.6 Å². The van der Waals surface area contributed by atoms with E-state index in [1.165, 1.54) is 0 Å². The van der Waals surface area contributed by atoms with E-state index < -0.39 is 6.10 Å². The van der Waals surface area contributed by atoms with Gasteiger partial charge in [0.1, 0.15) is 6.61 Å². The molecule has 0 amide bonds. The first-order chi connectivity index (χ1) is 9.20. The highest BCUT2D eigenvalue weighted by molar-refractivity contribution is 5.43. The third kappa shape index (κ3) is 3.45. The predicted octanol–water partition coefficient (Wildman–Crippen LogP) is 2.72. The van der Waals surface area contributed by atoms with Gasteiger partial charge in [-0.1, -0.05) is 12.1 Å². The molecular weight excluding hydrogens is 242 g/mol. The molecule has 19 heavy (non-hydrogen) atoms. The lowest BCUT2D eigenvalue weighted by molar-refractivity contribution is 0.198. The summed E-state index contributed by atoms with van der Waals surface area (Å²) in [6.45, 7) is 2.09. The van der Waals surface area contributed by atoms with Crippen molar-refractivity contribution in [3.05, 3.63) is 53.9 Å². The number of rotatable bonds is 5. The molecule has 2 rings (SSSR count). The topological polar surface area (TPSA) is 51.6 Å². The zero-order valence-electron chi connectivity index (χ0n) is 11.0. The number of aromatic nitrogens is 1. The number of nitrogens with zero attached hydrogens (tertiary/aromatic N) is 1. The molecule has 1 aromatic heterocycles. The molecule has 4 nitrogen and oxygen atoms in total. The normalized spacial score (nSPS) is 11.9. The van der Waals surface area contributed by atoms with E-state index in [9.17, 15) is 5.11 Å². The molecule has 0 aliphatic rings. The first kappa shape index (κ1) is 13.4. The summed E-state index contributed by atoms with van der Waals surface area (Å²) in [5.41, 5.74) is 1.64. The fourth-order valence-electron chi connectivity index (χ4n) is 1.70. The Labute approximate surface area is 112 Å². The van der Waals surface area contributed by atoms with Crippen LogP contribution in [0.2, 0.25) is 0 Å². The van der Waals surface area contributed by atoms with Crippen LogP contribution < -0.4 is 9.47 Å². The first-order valence-electron chi connectivity index (χ1n) is 6.09. The summed E-state index contributed by atoms with van der Waals surface area (Å²) >= 11 is 0. The van der Waals surface area contributed by atoms with Crippen molar-refractivity contribution in [2.24, 2.45) is 0 Å². The highest BCUT2D eigenvalue weighted by Gasteiger charge is 2.09. The van der Waals surface area contributed by atoms with Crippen LogP contribution in [0, 0.1) is 0 Å². The van der Waals surface area contributed by atoms with Gasteiger partial charge in [0.15, 0.2) is 11.5 Å². The van der Waals surface area contributed by atoms with E-state index >= 15 is 0 Å². The highest BCUT2D eigenvalue weighted by atomic mass is 16.5. The van der Waals surface area contributed by atoms with E-state index in [0.29, 0.717) is 18.1 Å². The molecule has 1 heterocycles. The minimum Gasteiger partial charge on any atom is -0.493 e. The lowest BCUT2D eigenvalue weighted by Crippen LogP contribution is -2.00. The molecule has 0 saturated heterocycles. The summed E-state index contributed by atoms with van der Waals surface area (Å²) in [6.07, 6.45) is 1.20. The van der Waals surface area contributed by atoms with Crippen LogP contribution in [0.1, 0.15) is 24.3 Å². The van der Waals surface area contributed by atoms with Crippen LogP contribution in [0.15, 0.2) is 42.6 Å². The van der Waals surface area contributed by atoms with Gasteiger partial charge in [0.25, 0.3) is 0 Å². The zero-order chi connectivity index (χ0) is 13.7. The van der Waals surface area contributed by atoms with Crippen LogP contribution in [0.4, 0.5) is 0 Å². The number of ether oxygens (including phenoxy) is 2. The maximum atomic E-state index is 9.54. The molecule has 1 unspecified atom stereocenters. The van der Waals surface area contributed by atoms with Crippen LogP contribution >= 0.6 is 0 Å². The van der Waals surface area contributed by atoms with E-state index in [4.69, 9.17) is 9.47 Å². The third-order valence-corrected chi connectivity index (χ3v) is 2.77. The first-order valence-corrected chi connectivity index (χ1v) is 6.09. The van der Waals surface area contributed by atoms with E-state index in [0.717, 1.165) is 11.3 Å². The summed E-state index contributed by atoms with van der Waals surface area (Å²) in [7, 11) is 1.58. The molecule has 0 aliphatic heterocycles. The van der Waals surface area contributed by atoms with Crippen LogP contribution in [-0.4, -0.2) is 17.2 Å². The average molecular weight is 259 g/mol. The Kier molecular flexibility index (Phi) is 4.36. The average Bonchev–Trinajstić information content (AvgIpc) is 2.45. The SMILES string of the molecule is COc1cc(C(C)O)ccc1OCc1ccccn1. The summed E-state index contributed by atoms with van der Waals surface area (Å²) in [4.78, 5) is 4.19. The van der Waals surface area contributed by atoms with Crippen LogP contribution in [0.5, 0.6) is 11.5 Å². The Morgan fingerprint density at radius 1 is 1.21 bits per heavy atom. The zero-order valence-corrected chi connectivity index (χ0v) is 11.0. The maximum absolute atomic E-state index is 9.54. The molecular formula is C15H17NO3. The van der Waals surface area contributed by atoms with E-state index in [2.05, 4.69) is 4.98 Å². The molecule has 4 heteroatoms. The smallest absolute Gasteiger partial charge is 0.161 e. The van der Waals surface area contributed by atoms with Gasteiger partial charge in [-0.05, 0) is 36.8 Å². The quantitative estimate of drug-likeness (QED) is 0.897. The van der Waals surface area contributed by atoms with Gasteiger partial charge in [-0.3, -0.25) is 4.98 Å². The van der Waals surface area contributed by atoms with Gasteiger partial charge < -0.3 is 14.6 Å². The van der Waals surface area contributed by atoms with Gasteiger partial charge in [-0.15, -0.1) is 0 Å². The lowest BCUT2D eigenvalue weighted by Gasteiger charge is -2.13. The van der Waals surface area contributed by atoms with Gasteiger partial charge >= 0.3 is 0 Å². The minimum atomic E-state index is -0.529. The highest BCUT2D eigenvalue weighted by Crippen LogP contribution is 2.30. The number of aliphatic hydroxyl groups is 1. The van der Waals surface area contributed by atoms with Crippen molar-refractivity contribution in [3.63, 3.8) is 0 Å². The van der Waals surface area contributed by atoms with Gasteiger partial charge in [0.2, 0.25) is 0 Å². The minimum absolute atomic E-state index is 0.380. The molecule has 0 aliphatic carbocycles. The second-order valence-corrected chi connectivity index (χ2v) is 4.20. The van der Waals surface area contributed by atoms with Crippen LogP contribution in [0.3, 0.4) is 0 Å². The third-order valence-electron chi connectivity index (χ3n) is 2.77. The number of aliphatic hydroxyl groups excluding tert-OH is 1. The van der Waals surface area contributed by atoms with Crippen molar-refractivity contribution in [1.29, 1.82) is 0 Å². The summed E-state index contributed by atoms with van der Waals surface area (Å²) < 4.78 is 10.9. The molecule has 1 atom stereocenters. The van der Waals surface area contributed by atoms with E-state index in [1.807, 2.05) is 24.3 Å². The molecule has 1 N–H and O–H groups in total. The molecule has 0 radical (unpaired) electrons. The predicted molar refractivity (Wildman–Crippen MR) is 72.2 cm³/mol. The van der Waals surface area contributed by atoms with Crippen molar-refractivity contribution in [3.8, 4) is 11.5 Å². The van der Waals surface area contributed by atoms with Gasteiger partial charge in [0, 0.05) is 6.20 Å². The van der Waals surface area contributed by atoms with E-state index in [1.54, 1.807) is 32.4 Å². The van der Waals surface area contributed by atoms with Crippen molar-refractivity contribution < 1.29 is 14.6 Å². The van der Waals surface area contributed by atoms with Crippen molar-refractivity contribution in [1.82, 2.24) is 4.98 Å². The Morgan fingerprint density at radius 2 is 2.05 bits per heavy atom. The standard InChI is InChI=1S/C15H17NO3/c1-11(17)12-6-7-14(15(9-12)18-2)19-10-13-5-3-4-8-16-13/h3-9,11,17H,10H2,1-2H3. The van der Waals surface area contributed by atoms with Gasteiger partial charge in [0.05, 0.1) is 18.9 Å². The Morgan fingerprint density at radius 3 is 2.68 bits per heavy atom.